The lowest BCUT2D eigenvalue weighted by Crippen LogP contribution is -1.94. The third-order valence-electron chi connectivity index (χ3n) is 3.57. The van der Waals surface area contributed by atoms with Gasteiger partial charge in [0.05, 0.1) is 6.61 Å². The fourth-order valence-corrected chi connectivity index (χ4v) is 2.29. The molecular weight excluding hydrogens is 272 g/mol. The highest BCUT2D eigenvalue weighted by Gasteiger charge is 2.00. The largest absolute Gasteiger partial charge is 0.489 e. The number of hydrogen-bond acceptors (Lipinski definition) is 2. The minimum Gasteiger partial charge on any atom is -0.489 e. The second kappa shape index (κ2) is 6.92. The zero-order chi connectivity index (χ0) is 15.2. The van der Waals surface area contributed by atoms with Crippen molar-refractivity contribution in [3.05, 3.63) is 90.0 Å². The van der Waals surface area contributed by atoms with E-state index in [1.165, 1.54) is 0 Å². The van der Waals surface area contributed by atoms with E-state index in [2.05, 4.69) is 12.1 Å². The molecule has 0 aliphatic rings. The molecule has 0 saturated carbocycles. The molecule has 3 aromatic rings. The van der Waals surface area contributed by atoms with E-state index in [1.807, 2.05) is 66.7 Å². The Hall–Kier alpha value is -2.58. The Labute approximate surface area is 130 Å². The third-order valence-corrected chi connectivity index (χ3v) is 3.57. The molecule has 0 amide bonds. The van der Waals surface area contributed by atoms with Gasteiger partial charge in [-0.1, -0.05) is 66.7 Å². The summed E-state index contributed by atoms with van der Waals surface area (Å²) >= 11 is 0. The van der Waals surface area contributed by atoms with Crippen LogP contribution in [-0.2, 0) is 13.2 Å². The molecule has 0 unspecified atom stereocenters. The molecule has 3 aromatic carbocycles. The van der Waals surface area contributed by atoms with Crippen molar-refractivity contribution in [2.45, 2.75) is 13.2 Å². The molecule has 0 bridgehead atoms. The molecule has 3 rings (SSSR count). The summed E-state index contributed by atoms with van der Waals surface area (Å²) in [5, 5.41) is 9.07. The summed E-state index contributed by atoms with van der Waals surface area (Å²) in [7, 11) is 0. The van der Waals surface area contributed by atoms with Crippen LogP contribution in [0.15, 0.2) is 78.9 Å². The van der Waals surface area contributed by atoms with Crippen LogP contribution in [0.2, 0.25) is 0 Å². The van der Waals surface area contributed by atoms with Crippen molar-refractivity contribution in [3.8, 4) is 16.9 Å². The second-order valence-electron chi connectivity index (χ2n) is 5.15. The molecule has 110 valence electrons. The maximum Gasteiger partial charge on any atom is 0.119 e. The molecule has 0 fully saturated rings. The highest BCUT2D eigenvalue weighted by Crippen LogP contribution is 2.23. The molecule has 0 radical (unpaired) electrons. The Morgan fingerprint density at radius 2 is 1.23 bits per heavy atom. The number of hydrogen-bond donors (Lipinski definition) is 1. The number of ether oxygens (including phenoxy) is 1. The van der Waals surface area contributed by atoms with Gasteiger partial charge in [0, 0.05) is 0 Å². The summed E-state index contributed by atoms with van der Waals surface area (Å²) in [4.78, 5) is 0. The van der Waals surface area contributed by atoms with Crippen molar-refractivity contribution < 1.29 is 9.84 Å². The van der Waals surface area contributed by atoms with E-state index < -0.39 is 0 Å². The topological polar surface area (TPSA) is 29.5 Å². The Kier molecular flexibility index (Phi) is 4.52. The lowest BCUT2D eigenvalue weighted by Gasteiger charge is -2.08. The maximum atomic E-state index is 9.07. The molecular formula is C20H18O2. The quantitative estimate of drug-likeness (QED) is 0.753. The zero-order valence-electron chi connectivity index (χ0n) is 12.3. The molecule has 0 aliphatic carbocycles. The normalized spacial score (nSPS) is 10.4. The summed E-state index contributed by atoms with van der Waals surface area (Å²) in [6.45, 7) is 0.651. The predicted molar refractivity (Wildman–Crippen MR) is 88.6 cm³/mol. The Morgan fingerprint density at radius 1 is 0.636 bits per heavy atom. The van der Waals surface area contributed by atoms with Crippen LogP contribution in [0.25, 0.3) is 11.1 Å². The third kappa shape index (κ3) is 3.54. The molecule has 0 spiro atoms. The van der Waals surface area contributed by atoms with Gasteiger partial charge >= 0.3 is 0 Å². The highest BCUT2D eigenvalue weighted by atomic mass is 16.5. The Bertz CT molecular complexity index is 701. The van der Waals surface area contributed by atoms with E-state index in [1.54, 1.807) is 0 Å². The first kappa shape index (κ1) is 14.4. The predicted octanol–water partition coefficient (Wildman–Crippen LogP) is 4.42. The monoisotopic (exact) mass is 290 g/mol. The van der Waals surface area contributed by atoms with E-state index in [4.69, 9.17) is 9.84 Å². The summed E-state index contributed by atoms with van der Waals surface area (Å²) < 4.78 is 5.79. The van der Waals surface area contributed by atoms with Gasteiger partial charge in [-0.25, -0.2) is 0 Å². The second-order valence-corrected chi connectivity index (χ2v) is 5.15. The fourth-order valence-electron chi connectivity index (χ4n) is 2.29. The Morgan fingerprint density at radius 3 is 1.82 bits per heavy atom. The van der Waals surface area contributed by atoms with Crippen LogP contribution in [0.5, 0.6) is 5.75 Å². The number of aliphatic hydroxyl groups excluding tert-OH is 1. The molecule has 0 aromatic heterocycles. The smallest absolute Gasteiger partial charge is 0.119 e. The molecule has 22 heavy (non-hydrogen) atoms. The van der Waals surface area contributed by atoms with E-state index in [0.29, 0.717) is 6.61 Å². The molecule has 0 aliphatic heterocycles. The molecule has 0 heterocycles. The van der Waals surface area contributed by atoms with Crippen molar-refractivity contribution in [1.82, 2.24) is 0 Å². The first-order chi connectivity index (χ1) is 10.8. The van der Waals surface area contributed by atoms with Gasteiger partial charge in [-0.3, -0.25) is 0 Å². The summed E-state index contributed by atoms with van der Waals surface area (Å²) in [6, 6.07) is 26.1. The lowest BCUT2D eigenvalue weighted by molar-refractivity contribution is 0.282. The molecule has 0 saturated heterocycles. The Balaban J connectivity index is 1.67. The fraction of sp³-hybridized carbons (Fsp3) is 0.100. The minimum absolute atomic E-state index is 0.0759. The van der Waals surface area contributed by atoms with Crippen LogP contribution >= 0.6 is 0 Å². The van der Waals surface area contributed by atoms with E-state index >= 15 is 0 Å². The first-order valence-electron chi connectivity index (χ1n) is 7.32. The van der Waals surface area contributed by atoms with Gasteiger partial charge in [-0.05, 0) is 34.4 Å². The van der Waals surface area contributed by atoms with Gasteiger partial charge in [0.15, 0.2) is 0 Å². The molecule has 1 N–H and O–H groups in total. The van der Waals surface area contributed by atoms with E-state index in [9.17, 15) is 0 Å². The van der Waals surface area contributed by atoms with Crippen molar-refractivity contribution in [2.75, 3.05) is 0 Å². The summed E-state index contributed by atoms with van der Waals surface area (Å²) in [5.74, 6) is 0.861. The van der Waals surface area contributed by atoms with Crippen LogP contribution in [-0.4, -0.2) is 5.11 Å². The van der Waals surface area contributed by atoms with Crippen LogP contribution in [0, 0.1) is 0 Å². The molecule has 0 atom stereocenters. The molecule has 2 nitrogen and oxygen atoms in total. The van der Waals surface area contributed by atoms with Gasteiger partial charge in [0.1, 0.15) is 12.4 Å². The van der Waals surface area contributed by atoms with Crippen molar-refractivity contribution >= 4 is 0 Å². The molecule has 2 heteroatoms. The van der Waals surface area contributed by atoms with E-state index in [0.717, 1.165) is 28.0 Å². The standard InChI is InChI=1S/C20H18O2/c21-14-16-6-8-18(9-7-16)19-10-12-20(13-11-19)22-15-17-4-2-1-3-5-17/h1-13,21H,14-15H2. The average molecular weight is 290 g/mol. The SMILES string of the molecule is OCc1ccc(-c2ccc(OCc3ccccc3)cc2)cc1. The lowest BCUT2D eigenvalue weighted by atomic mass is 10.0. The van der Waals surface area contributed by atoms with Gasteiger partial charge < -0.3 is 9.84 Å². The van der Waals surface area contributed by atoms with Crippen LogP contribution in [0.4, 0.5) is 0 Å². The van der Waals surface area contributed by atoms with Gasteiger partial charge in [-0.2, -0.15) is 0 Å². The van der Waals surface area contributed by atoms with Gasteiger partial charge in [-0.15, -0.1) is 0 Å². The zero-order valence-corrected chi connectivity index (χ0v) is 12.3. The number of rotatable bonds is 5. The maximum absolute atomic E-state index is 9.07. The number of aliphatic hydroxyl groups is 1. The van der Waals surface area contributed by atoms with Crippen LogP contribution in [0.1, 0.15) is 11.1 Å². The highest BCUT2D eigenvalue weighted by molar-refractivity contribution is 5.64. The summed E-state index contributed by atoms with van der Waals surface area (Å²) in [6.07, 6.45) is 0. The first-order valence-corrected chi connectivity index (χ1v) is 7.32. The van der Waals surface area contributed by atoms with Crippen LogP contribution < -0.4 is 4.74 Å². The van der Waals surface area contributed by atoms with Gasteiger partial charge in [0.25, 0.3) is 0 Å². The van der Waals surface area contributed by atoms with Crippen molar-refractivity contribution in [1.29, 1.82) is 0 Å². The van der Waals surface area contributed by atoms with Crippen LogP contribution in [0.3, 0.4) is 0 Å². The number of benzene rings is 3. The van der Waals surface area contributed by atoms with Crippen molar-refractivity contribution in [3.63, 3.8) is 0 Å². The van der Waals surface area contributed by atoms with E-state index in [-0.39, 0.29) is 6.61 Å². The van der Waals surface area contributed by atoms with Gasteiger partial charge in [0.2, 0.25) is 0 Å². The minimum atomic E-state index is 0.0759. The average Bonchev–Trinajstić information content (AvgIpc) is 2.61. The summed E-state index contributed by atoms with van der Waals surface area (Å²) in [5.41, 5.74) is 4.35. The van der Waals surface area contributed by atoms with Crippen molar-refractivity contribution in [2.24, 2.45) is 0 Å².